The molecule has 0 aromatic heterocycles. The number of anilines is 1. The normalized spacial score (nSPS) is 12.9. The van der Waals surface area contributed by atoms with Crippen LogP contribution < -0.4 is 10.5 Å². The number of carbonyl (C=O) groups is 1. The summed E-state index contributed by atoms with van der Waals surface area (Å²) in [6, 6.07) is 8.62. The van der Waals surface area contributed by atoms with E-state index in [4.69, 9.17) is 22.1 Å². The number of hydrogen-bond donors (Lipinski definition) is 1. The molecule has 0 aliphatic carbocycles. The second-order valence-corrected chi connectivity index (χ2v) is 5.99. The van der Waals surface area contributed by atoms with Crippen LogP contribution in [-0.2, 0) is 6.42 Å². The largest absolute Gasteiger partial charge is 0.492 e. The summed E-state index contributed by atoms with van der Waals surface area (Å²) < 4.78 is 6.33. The molecular formula is C15H11BrClNO2. The van der Waals surface area contributed by atoms with Gasteiger partial charge in [-0.2, -0.15) is 0 Å². The van der Waals surface area contributed by atoms with E-state index >= 15 is 0 Å². The minimum Gasteiger partial charge on any atom is -0.492 e. The van der Waals surface area contributed by atoms with E-state index in [-0.39, 0.29) is 5.78 Å². The summed E-state index contributed by atoms with van der Waals surface area (Å²) in [5.41, 5.74) is 8.28. The third-order valence-electron chi connectivity index (χ3n) is 3.18. The summed E-state index contributed by atoms with van der Waals surface area (Å²) in [6.07, 6.45) is 0.775. The number of carbonyl (C=O) groups excluding carboxylic acids is 1. The number of halogens is 2. The zero-order valence-electron chi connectivity index (χ0n) is 10.5. The molecule has 1 aliphatic heterocycles. The van der Waals surface area contributed by atoms with Crippen LogP contribution in [0.25, 0.3) is 0 Å². The van der Waals surface area contributed by atoms with E-state index in [9.17, 15) is 4.79 Å². The highest BCUT2D eigenvalue weighted by Crippen LogP contribution is 2.34. The molecule has 20 heavy (non-hydrogen) atoms. The van der Waals surface area contributed by atoms with Crippen LogP contribution in [0.5, 0.6) is 5.75 Å². The van der Waals surface area contributed by atoms with Gasteiger partial charge in [0.05, 0.1) is 12.2 Å². The van der Waals surface area contributed by atoms with E-state index in [1.807, 2.05) is 6.07 Å². The molecule has 0 fully saturated rings. The monoisotopic (exact) mass is 351 g/mol. The molecule has 0 radical (unpaired) electrons. The van der Waals surface area contributed by atoms with Gasteiger partial charge in [0, 0.05) is 27.2 Å². The first-order valence-corrected chi connectivity index (χ1v) is 7.27. The van der Waals surface area contributed by atoms with Crippen LogP contribution in [0, 0.1) is 0 Å². The van der Waals surface area contributed by atoms with E-state index in [2.05, 4.69) is 15.9 Å². The molecule has 0 amide bonds. The Bertz CT molecular complexity index is 695. The summed E-state index contributed by atoms with van der Waals surface area (Å²) in [6.45, 7) is 0.580. The summed E-state index contributed by atoms with van der Waals surface area (Å²) in [7, 11) is 0. The van der Waals surface area contributed by atoms with E-state index < -0.39 is 0 Å². The average Bonchev–Trinajstić information content (AvgIpc) is 2.83. The minimum absolute atomic E-state index is 0.140. The Morgan fingerprint density at radius 1 is 1.25 bits per heavy atom. The first-order chi connectivity index (χ1) is 9.54. The Morgan fingerprint density at radius 3 is 2.80 bits per heavy atom. The summed E-state index contributed by atoms with van der Waals surface area (Å²) >= 11 is 9.42. The van der Waals surface area contributed by atoms with Gasteiger partial charge in [-0.15, -0.1) is 0 Å². The molecule has 0 spiro atoms. The molecule has 2 N–H and O–H groups in total. The quantitative estimate of drug-likeness (QED) is 0.660. The Hall–Kier alpha value is -1.52. The number of nitrogens with two attached hydrogens (primary N) is 1. The van der Waals surface area contributed by atoms with Crippen LogP contribution in [0.3, 0.4) is 0 Å². The van der Waals surface area contributed by atoms with Crippen molar-refractivity contribution < 1.29 is 9.53 Å². The Balaban J connectivity index is 2.11. The molecule has 2 aromatic rings. The van der Waals surface area contributed by atoms with Crippen molar-refractivity contribution in [3.63, 3.8) is 0 Å². The van der Waals surface area contributed by atoms with E-state index in [0.717, 1.165) is 16.5 Å². The van der Waals surface area contributed by atoms with Crippen molar-refractivity contribution in [3.8, 4) is 5.75 Å². The maximum absolute atomic E-state index is 12.6. The van der Waals surface area contributed by atoms with Crippen molar-refractivity contribution in [1.82, 2.24) is 0 Å². The summed E-state index contributed by atoms with van der Waals surface area (Å²) in [4.78, 5) is 12.6. The van der Waals surface area contributed by atoms with E-state index in [0.29, 0.717) is 34.2 Å². The SMILES string of the molecule is Nc1cc(Br)cc(C(=O)c2cc(Cl)cc3c2OCC3)c1. The molecular weight excluding hydrogens is 342 g/mol. The van der Waals surface area contributed by atoms with Gasteiger partial charge in [-0.05, 0) is 35.9 Å². The lowest BCUT2D eigenvalue weighted by Crippen LogP contribution is -2.05. The van der Waals surface area contributed by atoms with Gasteiger partial charge < -0.3 is 10.5 Å². The number of hydrogen-bond acceptors (Lipinski definition) is 3. The van der Waals surface area contributed by atoms with Gasteiger partial charge >= 0.3 is 0 Å². The molecule has 0 saturated carbocycles. The number of ketones is 1. The zero-order valence-corrected chi connectivity index (χ0v) is 12.8. The maximum atomic E-state index is 12.6. The van der Waals surface area contributed by atoms with E-state index in [1.165, 1.54) is 0 Å². The number of nitrogen functional groups attached to an aromatic ring is 1. The maximum Gasteiger partial charge on any atom is 0.196 e. The number of fused-ring (bicyclic) bond motifs is 1. The first-order valence-electron chi connectivity index (χ1n) is 6.10. The Kier molecular flexibility index (Phi) is 3.44. The fraction of sp³-hybridized carbons (Fsp3) is 0.133. The predicted octanol–water partition coefficient (Wildman–Crippen LogP) is 3.85. The molecule has 2 aromatic carbocycles. The van der Waals surface area contributed by atoms with Crippen molar-refractivity contribution >= 4 is 39.0 Å². The molecule has 3 rings (SSSR count). The Morgan fingerprint density at radius 2 is 2.05 bits per heavy atom. The van der Waals surface area contributed by atoms with Gasteiger partial charge in [-0.1, -0.05) is 27.5 Å². The lowest BCUT2D eigenvalue weighted by atomic mass is 9.99. The van der Waals surface area contributed by atoms with Crippen molar-refractivity contribution in [2.45, 2.75) is 6.42 Å². The summed E-state index contributed by atoms with van der Waals surface area (Å²) in [5, 5.41) is 0.542. The van der Waals surface area contributed by atoms with Crippen LogP contribution in [-0.4, -0.2) is 12.4 Å². The smallest absolute Gasteiger partial charge is 0.196 e. The van der Waals surface area contributed by atoms with Crippen LogP contribution in [0.2, 0.25) is 5.02 Å². The molecule has 0 atom stereocenters. The molecule has 1 aliphatic rings. The molecule has 102 valence electrons. The number of rotatable bonds is 2. The highest BCUT2D eigenvalue weighted by Gasteiger charge is 2.23. The first kappa shape index (κ1) is 13.5. The van der Waals surface area contributed by atoms with Gasteiger partial charge in [0.15, 0.2) is 5.78 Å². The van der Waals surface area contributed by atoms with Gasteiger partial charge in [0.2, 0.25) is 0 Å². The second kappa shape index (κ2) is 5.11. The van der Waals surface area contributed by atoms with Crippen LogP contribution >= 0.6 is 27.5 Å². The van der Waals surface area contributed by atoms with Crippen molar-refractivity contribution in [1.29, 1.82) is 0 Å². The fourth-order valence-corrected chi connectivity index (χ4v) is 3.09. The standard InChI is InChI=1S/C15H11BrClNO2/c16-10-3-9(5-12(18)6-10)14(19)13-7-11(17)4-8-1-2-20-15(8)13/h3-7H,1-2,18H2. The Labute approximate surface area is 129 Å². The third kappa shape index (κ3) is 2.41. The van der Waals surface area contributed by atoms with Gasteiger partial charge in [-0.25, -0.2) is 0 Å². The lowest BCUT2D eigenvalue weighted by Gasteiger charge is -2.09. The third-order valence-corrected chi connectivity index (χ3v) is 3.85. The summed E-state index contributed by atoms with van der Waals surface area (Å²) in [5.74, 6) is 0.497. The lowest BCUT2D eigenvalue weighted by molar-refractivity contribution is 0.103. The molecule has 0 bridgehead atoms. The second-order valence-electron chi connectivity index (χ2n) is 4.64. The molecule has 5 heteroatoms. The minimum atomic E-state index is -0.140. The van der Waals surface area contributed by atoms with Crippen molar-refractivity contribution in [2.24, 2.45) is 0 Å². The predicted molar refractivity (Wildman–Crippen MR) is 82.6 cm³/mol. The molecule has 3 nitrogen and oxygen atoms in total. The van der Waals surface area contributed by atoms with Crippen LogP contribution in [0.4, 0.5) is 5.69 Å². The van der Waals surface area contributed by atoms with Crippen LogP contribution in [0.1, 0.15) is 21.5 Å². The molecule has 0 saturated heterocycles. The highest BCUT2D eigenvalue weighted by molar-refractivity contribution is 9.10. The number of benzene rings is 2. The molecule has 1 heterocycles. The van der Waals surface area contributed by atoms with Gasteiger partial charge in [0.1, 0.15) is 5.75 Å². The molecule has 0 unspecified atom stereocenters. The van der Waals surface area contributed by atoms with Gasteiger partial charge in [-0.3, -0.25) is 4.79 Å². The van der Waals surface area contributed by atoms with Gasteiger partial charge in [0.25, 0.3) is 0 Å². The van der Waals surface area contributed by atoms with Crippen molar-refractivity contribution in [3.05, 3.63) is 56.5 Å². The van der Waals surface area contributed by atoms with Crippen LogP contribution in [0.15, 0.2) is 34.8 Å². The average molecular weight is 353 g/mol. The van der Waals surface area contributed by atoms with E-state index in [1.54, 1.807) is 24.3 Å². The fourth-order valence-electron chi connectivity index (χ4n) is 2.34. The zero-order chi connectivity index (χ0) is 14.3. The van der Waals surface area contributed by atoms with Crippen molar-refractivity contribution in [2.75, 3.05) is 12.3 Å². The topological polar surface area (TPSA) is 52.3 Å². The number of ether oxygens (including phenoxy) is 1. The highest BCUT2D eigenvalue weighted by atomic mass is 79.9.